The third kappa shape index (κ3) is 6.74. The third-order valence-electron chi connectivity index (χ3n) is 11.5. The highest BCUT2D eigenvalue weighted by Crippen LogP contribution is 2.53. The van der Waals surface area contributed by atoms with Crippen LogP contribution in [0.25, 0.3) is 79.2 Å². The van der Waals surface area contributed by atoms with Crippen molar-refractivity contribution in [3.63, 3.8) is 0 Å². The van der Waals surface area contributed by atoms with E-state index >= 15 is 0 Å². The molecule has 6 aromatic carbocycles. The summed E-state index contributed by atoms with van der Waals surface area (Å²) in [6.45, 7) is 0. The van der Waals surface area contributed by atoms with E-state index in [1.54, 1.807) is 0 Å². The summed E-state index contributed by atoms with van der Waals surface area (Å²) in [6, 6.07) is 58.9. The predicted octanol–water partition coefficient (Wildman–Crippen LogP) is 12.2. The van der Waals surface area contributed by atoms with Gasteiger partial charge in [0.15, 0.2) is 23.3 Å². The van der Waals surface area contributed by atoms with E-state index in [-0.39, 0.29) is 0 Å². The van der Waals surface area contributed by atoms with Crippen molar-refractivity contribution in [3.05, 3.63) is 175 Å². The van der Waals surface area contributed by atoms with Crippen LogP contribution < -0.4 is 0 Å². The average molecular weight is 710 g/mol. The SMILES string of the molecule is c1ccc(-c2nc(-c3ccc(-c4ccc(-c5nc(-c6ccccc6)nc(-c6ccccc6)n5)cc4)cc3)cc(-c3ccc(C4CC5CCC4C5)cc3)n2)cc1. The first-order valence-corrected chi connectivity index (χ1v) is 19.3. The van der Waals surface area contributed by atoms with Gasteiger partial charge in [-0.15, -0.1) is 0 Å². The van der Waals surface area contributed by atoms with E-state index in [4.69, 9.17) is 24.9 Å². The van der Waals surface area contributed by atoms with Crippen molar-refractivity contribution >= 4 is 0 Å². The van der Waals surface area contributed by atoms with E-state index in [0.29, 0.717) is 23.4 Å². The molecule has 0 saturated heterocycles. The summed E-state index contributed by atoms with van der Waals surface area (Å²) in [6.07, 6.45) is 5.58. The Morgan fingerprint density at radius 3 is 1.13 bits per heavy atom. The third-order valence-corrected chi connectivity index (χ3v) is 11.5. The fraction of sp³-hybridized carbons (Fsp3) is 0.140. The van der Waals surface area contributed by atoms with Crippen LogP contribution in [-0.4, -0.2) is 24.9 Å². The quantitative estimate of drug-likeness (QED) is 0.157. The number of rotatable bonds is 8. The highest BCUT2D eigenvalue weighted by molar-refractivity contribution is 5.75. The van der Waals surface area contributed by atoms with Gasteiger partial charge in [-0.25, -0.2) is 24.9 Å². The van der Waals surface area contributed by atoms with Crippen LogP contribution in [0, 0.1) is 11.8 Å². The maximum absolute atomic E-state index is 5.08. The Balaban J connectivity index is 0.944. The smallest absolute Gasteiger partial charge is 0.164 e. The van der Waals surface area contributed by atoms with Crippen LogP contribution in [0.2, 0.25) is 0 Å². The zero-order chi connectivity index (χ0) is 36.6. The van der Waals surface area contributed by atoms with Gasteiger partial charge in [-0.1, -0.05) is 170 Å². The summed E-state index contributed by atoms with van der Waals surface area (Å²) in [5.74, 6) is 5.19. The van der Waals surface area contributed by atoms with Crippen LogP contribution in [-0.2, 0) is 0 Å². The molecule has 10 rings (SSSR count). The van der Waals surface area contributed by atoms with Crippen LogP contribution in [0.15, 0.2) is 170 Å². The Morgan fingerprint density at radius 2 is 0.709 bits per heavy atom. The van der Waals surface area contributed by atoms with Gasteiger partial charge in [-0.2, -0.15) is 0 Å². The second-order valence-electron chi connectivity index (χ2n) is 14.9. The van der Waals surface area contributed by atoms with Gasteiger partial charge in [0.05, 0.1) is 11.4 Å². The molecule has 2 aliphatic carbocycles. The molecule has 3 unspecified atom stereocenters. The van der Waals surface area contributed by atoms with Crippen LogP contribution in [0.5, 0.6) is 0 Å². The van der Waals surface area contributed by atoms with E-state index in [2.05, 4.69) is 91.0 Å². The van der Waals surface area contributed by atoms with Crippen LogP contribution >= 0.6 is 0 Å². The van der Waals surface area contributed by atoms with E-state index in [0.717, 1.165) is 73.6 Å². The number of fused-ring (bicyclic) bond motifs is 2. The Hall–Kier alpha value is -6.59. The normalized spacial score (nSPS) is 17.3. The second-order valence-corrected chi connectivity index (χ2v) is 14.9. The lowest BCUT2D eigenvalue weighted by atomic mass is 9.83. The van der Waals surface area contributed by atoms with Gasteiger partial charge in [-0.05, 0) is 59.8 Å². The fourth-order valence-corrected chi connectivity index (χ4v) is 8.60. The minimum Gasteiger partial charge on any atom is -0.228 e. The molecule has 2 saturated carbocycles. The summed E-state index contributed by atoms with van der Waals surface area (Å²) >= 11 is 0. The molecule has 55 heavy (non-hydrogen) atoms. The molecule has 2 fully saturated rings. The molecule has 2 heterocycles. The van der Waals surface area contributed by atoms with Crippen molar-refractivity contribution in [2.45, 2.75) is 31.6 Å². The Morgan fingerprint density at radius 1 is 0.327 bits per heavy atom. The van der Waals surface area contributed by atoms with Crippen LogP contribution in [0.3, 0.4) is 0 Å². The molecule has 2 aromatic heterocycles. The van der Waals surface area contributed by atoms with Gasteiger partial charge in [0.1, 0.15) is 0 Å². The fourth-order valence-electron chi connectivity index (χ4n) is 8.60. The van der Waals surface area contributed by atoms with Gasteiger partial charge in [0.25, 0.3) is 0 Å². The highest BCUT2D eigenvalue weighted by Gasteiger charge is 2.40. The maximum atomic E-state index is 5.08. The first kappa shape index (κ1) is 33.0. The number of aromatic nitrogens is 5. The standard InChI is InChI=1S/C50H39N5/c1-4-10-39(11-5-1)47-51-45(32-46(52-47)38-26-22-36(23-27-38)44-31-33-16-17-43(44)30-33)37-24-18-34(19-25-37)35-20-28-42(29-21-35)50-54-48(40-12-6-2-7-13-40)53-49(55-50)41-14-8-3-9-15-41/h1-15,18-29,32-33,43-44H,16-17,30-31H2. The average Bonchev–Trinajstić information content (AvgIpc) is 3.92. The Bertz CT molecular complexity index is 2510. The molecule has 2 bridgehead atoms. The van der Waals surface area contributed by atoms with Gasteiger partial charge in [-0.3, -0.25) is 0 Å². The minimum absolute atomic E-state index is 0.642. The lowest BCUT2D eigenvalue weighted by Crippen LogP contribution is -2.08. The zero-order valence-electron chi connectivity index (χ0n) is 30.5. The van der Waals surface area contributed by atoms with Gasteiger partial charge in [0, 0.05) is 33.4 Å². The highest BCUT2D eigenvalue weighted by atomic mass is 15.0. The second kappa shape index (κ2) is 14.3. The van der Waals surface area contributed by atoms with E-state index < -0.39 is 0 Å². The maximum Gasteiger partial charge on any atom is 0.164 e. The molecule has 0 N–H and O–H groups in total. The Labute approximate surface area is 321 Å². The van der Waals surface area contributed by atoms with Gasteiger partial charge < -0.3 is 0 Å². The number of benzene rings is 6. The van der Waals surface area contributed by atoms with Gasteiger partial charge in [0.2, 0.25) is 0 Å². The molecule has 0 radical (unpaired) electrons. The monoisotopic (exact) mass is 709 g/mol. The molecule has 264 valence electrons. The molecule has 0 spiro atoms. The lowest BCUT2D eigenvalue weighted by molar-refractivity contribution is 0.420. The molecule has 0 aliphatic heterocycles. The van der Waals surface area contributed by atoms with Crippen molar-refractivity contribution in [1.29, 1.82) is 0 Å². The molecule has 0 amide bonds. The predicted molar refractivity (Wildman–Crippen MR) is 222 cm³/mol. The van der Waals surface area contributed by atoms with Crippen molar-refractivity contribution in [3.8, 4) is 79.2 Å². The van der Waals surface area contributed by atoms with E-state index in [1.807, 2.05) is 78.9 Å². The van der Waals surface area contributed by atoms with Gasteiger partial charge >= 0.3 is 0 Å². The molecule has 5 heteroatoms. The van der Waals surface area contributed by atoms with Crippen molar-refractivity contribution in [2.75, 3.05) is 0 Å². The Kier molecular flexibility index (Phi) is 8.60. The first-order chi connectivity index (χ1) is 27.2. The van der Waals surface area contributed by atoms with E-state index in [1.165, 1.54) is 31.2 Å². The summed E-state index contributed by atoms with van der Waals surface area (Å²) in [4.78, 5) is 24.8. The summed E-state index contributed by atoms with van der Waals surface area (Å²) in [7, 11) is 0. The number of nitrogens with zero attached hydrogens (tertiary/aromatic N) is 5. The topological polar surface area (TPSA) is 64.5 Å². The van der Waals surface area contributed by atoms with Crippen molar-refractivity contribution < 1.29 is 0 Å². The zero-order valence-corrected chi connectivity index (χ0v) is 30.5. The number of hydrogen-bond acceptors (Lipinski definition) is 5. The largest absolute Gasteiger partial charge is 0.228 e. The van der Waals surface area contributed by atoms with Crippen LogP contribution in [0.1, 0.15) is 37.2 Å². The molecule has 5 nitrogen and oxygen atoms in total. The molecule has 2 aliphatic rings. The van der Waals surface area contributed by atoms with E-state index in [9.17, 15) is 0 Å². The van der Waals surface area contributed by atoms with Crippen molar-refractivity contribution in [1.82, 2.24) is 24.9 Å². The van der Waals surface area contributed by atoms with Crippen molar-refractivity contribution in [2.24, 2.45) is 11.8 Å². The molecular formula is C50H39N5. The van der Waals surface area contributed by atoms with Crippen LogP contribution in [0.4, 0.5) is 0 Å². The molecule has 8 aromatic rings. The molecule has 3 atom stereocenters. The minimum atomic E-state index is 0.642. The molecular weight excluding hydrogens is 671 g/mol. The lowest BCUT2D eigenvalue weighted by Gasteiger charge is -2.22. The number of hydrogen-bond donors (Lipinski definition) is 0. The summed E-state index contributed by atoms with van der Waals surface area (Å²) < 4.78 is 0. The summed E-state index contributed by atoms with van der Waals surface area (Å²) in [5.41, 5.74) is 11.6. The first-order valence-electron chi connectivity index (χ1n) is 19.3. The summed E-state index contributed by atoms with van der Waals surface area (Å²) in [5, 5.41) is 0.